The van der Waals surface area contributed by atoms with Gasteiger partial charge in [-0.15, -0.1) is 0 Å². The molecule has 0 spiro atoms. The van der Waals surface area contributed by atoms with E-state index in [-0.39, 0.29) is 4.90 Å². The lowest BCUT2D eigenvalue weighted by molar-refractivity contribution is -0.139. The van der Waals surface area contributed by atoms with Gasteiger partial charge >= 0.3 is 5.97 Å². The number of hydrogen-bond donors (Lipinski definition) is 2. The number of carbonyl (C=O) groups is 1. The largest absolute Gasteiger partial charge is 0.480 e. The second-order valence-corrected chi connectivity index (χ2v) is 5.45. The maximum absolute atomic E-state index is 11.8. The van der Waals surface area contributed by atoms with Gasteiger partial charge in [-0.2, -0.15) is 5.26 Å². The molecule has 1 rings (SSSR count). The van der Waals surface area contributed by atoms with Crippen molar-refractivity contribution in [3.05, 3.63) is 29.8 Å². The minimum atomic E-state index is -3.78. The number of nitriles is 1. The topological polar surface area (TPSA) is 107 Å². The van der Waals surface area contributed by atoms with Crippen molar-refractivity contribution < 1.29 is 18.3 Å². The van der Waals surface area contributed by atoms with Crippen LogP contribution < -0.4 is 4.72 Å². The Morgan fingerprint density at radius 3 is 2.44 bits per heavy atom. The summed E-state index contributed by atoms with van der Waals surface area (Å²) in [7, 11) is -3.78. The normalized spacial score (nSPS) is 12.7. The molecule has 0 aliphatic carbocycles. The minimum absolute atomic E-state index is 0.0372. The van der Waals surface area contributed by atoms with E-state index < -0.39 is 28.5 Å². The molecule has 6 nitrogen and oxygen atoms in total. The van der Waals surface area contributed by atoms with Crippen molar-refractivity contribution in [3.8, 4) is 6.07 Å². The van der Waals surface area contributed by atoms with Gasteiger partial charge in [0.1, 0.15) is 0 Å². The fraction of sp³-hybridized carbons (Fsp3) is 0.273. The summed E-state index contributed by atoms with van der Waals surface area (Å²) in [4.78, 5) is 10.6. The molecule has 18 heavy (non-hydrogen) atoms. The summed E-state index contributed by atoms with van der Waals surface area (Å²) < 4.78 is 25.6. The minimum Gasteiger partial charge on any atom is -0.480 e. The fourth-order valence-corrected chi connectivity index (χ4v) is 2.23. The van der Waals surface area contributed by atoms with Crippen molar-refractivity contribution >= 4 is 16.0 Å². The van der Waals surface area contributed by atoms with Crippen molar-refractivity contribution in [3.63, 3.8) is 0 Å². The van der Waals surface area contributed by atoms with Crippen molar-refractivity contribution in [1.82, 2.24) is 4.72 Å². The number of sulfonamides is 1. The highest BCUT2D eigenvalue weighted by atomic mass is 32.2. The molecule has 0 radical (unpaired) electrons. The number of rotatable bonds is 5. The SMILES string of the molecule is Cc1ccc(S(=O)(=O)NCC(C#N)C(=O)O)cc1. The summed E-state index contributed by atoms with van der Waals surface area (Å²) in [6.45, 7) is 1.36. The Morgan fingerprint density at radius 2 is 2.00 bits per heavy atom. The molecule has 1 aromatic rings. The summed E-state index contributed by atoms with van der Waals surface area (Å²) in [5.41, 5.74) is 0.911. The zero-order valence-electron chi connectivity index (χ0n) is 9.62. The van der Waals surface area contributed by atoms with Crippen LogP contribution in [0.25, 0.3) is 0 Å². The number of aryl methyl sites for hydroxylation is 1. The second-order valence-electron chi connectivity index (χ2n) is 3.68. The predicted octanol–water partition coefficient (Wildman–Crippen LogP) is 0.498. The quantitative estimate of drug-likeness (QED) is 0.808. The molecule has 7 heteroatoms. The van der Waals surface area contributed by atoms with E-state index in [2.05, 4.69) is 4.72 Å². The number of aliphatic carboxylic acids is 1. The Balaban J connectivity index is 2.81. The Hall–Kier alpha value is -1.91. The Kier molecular flexibility index (Phi) is 4.42. The first-order valence-corrected chi connectivity index (χ1v) is 6.54. The van der Waals surface area contributed by atoms with Crippen LogP contribution in [0, 0.1) is 24.2 Å². The molecule has 0 saturated heterocycles. The van der Waals surface area contributed by atoms with Crippen molar-refractivity contribution in [1.29, 1.82) is 5.26 Å². The van der Waals surface area contributed by atoms with E-state index in [4.69, 9.17) is 10.4 Å². The van der Waals surface area contributed by atoms with Crippen molar-refractivity contribution in [2.75, 3.05) is 6.54 Å². The number of carboxylic acids is 1. The van der Waals surface area contributed by atoms with Gasteiger partial charge in [0.15, 0.2) is 5.92 Å². The average Bonchev–Trinajstić information content (AvgIpc) is 2.29. The highest BCUT2D eigenvalue weighted by molar-refractivity contribution is 7.89. The van der Waals surface area contributed by atoms with E-state index in [1.807, 2.05) is 6.92 Å². The van der Waals surface area contributed by atoms with Crippen LogP contribution in [0.3, 0.4) is 0 Å². The van der Waals surface area contributed by atoms with E-state index in [1.165, 1.54) is 18.2 Å². The summed E-state index contributed by atoms with van der Waals surface area (Å²) in [6, 6.07) is 7.61. The zero-order chi connectivity index (χ0) is 13.8. The van der Waals surface area contributed by atoms with Gasteiger partial charge in [0.05, 0.1) is 11.0 Å². The van der Waals surface area contributed by atoms with Crippen LogP contribution in [0.4, 0.5) is 0 Å². The van der Waals surface area contributed by atoms with Crippen LogP contribution in [-0.2, 0) is 14.8 Å². The molecule has 0 bridgehead atoms. The van der Waals surface area contributed by atoms with Gasteiger partial charge in [-0.05, 0) is 19.1 Å². The fourth-order valence-electron chi connectivity index (χ4n) is 1.18. The molecule has 0 saturated carbocycles. The van der Waals surface area contributed by atoms with Gasteiger partial charge in [0.2, 0.25) is 10.0 Å². The van der Waals surface area contributed by atoms with Crippen LogP contribution in [0.1, 0.15) is 5.56 Å². The van der Waals surface area contributed by atoms with E-state index >= 15 is 0 Å². The van der Waals surface area contributed by atoms with Gasteiger partial charge in [0.25, 0.3) is 0 Å². The third kappa shape index (κ3) is 3.55. The molecule has 0 fully saturated rings. The molecule has 2 N–H and O–H groups in total. The molecule has 0 amide bonds. The van der Waals surface area contributed by atoms with Gasteiger partial charge < -0.3 is 5.11 Å². The first-order chi connectivity index (χ1) is 8.36. The smallest absolute Gasteiger partial charge is 0.322 e. The maximum atomic E-state index is 11.8. The van der Waals surface area contributed by atoms with Crippen LogP contribution in [0.5, 0.6) is 0 Å². The molecular weight excluding hydrogens is 256 g/mol. The number of nitrogens with one attached hydrogen (secondary N) is 1. The summed E-state index contributed by atoms with van der Waals surface area (Å²) in [5.74, 6) is -2.76. The monoisotopic (exact) mass is 268 g/mol. The Bertz CT molecular complexity index is 572. The lowest BCUT2D eigenvalue weighted by Gasteiger charge is -2.08. The molecule has 0 aliphatic rings. The summed E-state index contributed by atoms with van der Waals surface area (Å²) >= 11 is 0. The van der Waals surface area contributed by atoms with E-state index in [1.54, 1.807) is 12.1 Å². The molecule has 1 aromatic carbocycles. The molecule has 0 aliphatic heterocycles. The highest BCUT2D eigenvalue weighted by Crippen LogP contribution is 2.10. The van der Waals surface area contributed by atoms with Crippen molar-refractivity contribution in [2.45, 2.75) is 11.8 Å². The number of nitrogens with zero attached hydrogens (tertiary/aromatic N) is 1. The van der Waals surface area contributed by atoms with Crippen LogP contribution in [0.15, 0.2) is 29.2 Å². The molecule has 1 atom stereocenters. The Labute approximate surface area is 105 Å². The lowest BCUT2D eigenvalue weighted by atomic mass is 10.2. The molecule has 1 unspecified atom stereocenters. The first kappa shape index (κ1) is 14.2. The maximum Gasteiger partial charge on any atom is 0.322 e. The summed E-state index contributed by atoms with van der Waals surface area (Å²) in [6.07, 6.45) is 0. The summed E-state index contributed by atoms with van der Waals surface area (Å²) in [5, 5.41) is 17.2. The Morgan fingerprint density at radius 1 is 1.44 bits per heavy atom. The average molecular weight is 268 g/mol. The second kappa shape index (κ2) is 5.62. The van der Waals surface area contributed by atoms with Crippen molar-refractivity contribution in [2.24, 2.45) is 5.92 Å². The molecular formula is C11H12N2O4S. The molecule has 0 aromatic heterocycles. The lowest BCUT2D eigenvalue weighted by Crippen LogP contribution is -2.32. The van der Waals surface area contributed by atoms with E-state index in [9.17, 15) is 13.2 Å². The number of carboxylic acid groups (broad SMARTS) is 1. The van der Waals surface area contributed by atoms with Crippen LogP contribution in [0.2, 0.25) is 0 Å². The third-order valence-corrected chi connectivity index (χ3v) is 3.70. The molecule has 96 valence electrons. The highest BCUT2D eigenvalue weighted by Gasteiger charge is 2.21. The van der Waals surface area contributed by atoms with E-state index in [0.29, 0.717) is 0 Å². The molecule has 0 heterocycles. The van der Waals surface area contributed by atoms with Gasteiger partial charge in [-0.25, -0.2) is 13.1 Å². The van der Waals surface area contributed by atoms with Gasteiger partial charge in [-0.3, -0.25) is 4.79 Å². The first-order valence-electron chi connectivity index (χ1n) is 5.05. The van der Waals surface area contributed by atoms with E-state index in [0.717, 1.165) is 5.56 Å². The predicted molar refractivity (Wildman–Crippen MR) is 63.1 cm³/mol. The van der Waals surface area contributed by atoms with Crippen LogP contribution >= 0.6 is 0 Å². The standard InChI is InChI=1S/C11H12N2O4S/c1-8-2-4-10(5-3-8)18(16,17)13-7-9(6-12)11(14)15/h2-5,9,13H,7H2,1H3,(H,14,15). The zero-order valence-corrected chi connectivity index (χ0v) is 10.4. The number of benzene rings is 1. The van der Waals surface area contributed by atoms with Gasteiger partial charge in [-0.1, -0.05) is 17.7 Å². The third-order valence-electron chi connectivity index (χ3n) is 2.26. The van der Waals surface area contributed by atoms with Crippen LogP contribution in [-0.4, -0.2) is 26.0 Å². The van der Waals surface area contributed by atoms with Gasteiger partial charge in [0, 0.05) is 6.54 Å². The number of hydrogen-bond acceptors (Lipinski definition) is 4.